The first-order valence-electron chi connectivity index (χ1n) is 5.70. The van der Waals surface area contributed by atoms with Crippen LogP contribution in [0.1, 0.15) is 12.8 Å². The molecule has 1 aliphatic heterocycles. The molecule has 17 heavy (non-hydrogen) atoms. The van der Waals surface area contributed by atoms with Gasteiger partial charge >= 0.3 is 5.97 Å². The molecule has 0 aliphatic carbocycles. The van der Waals surface area contributed by atoms with Crippen molar-refractivity contribution >= 4 is 22.6 Å². The van der Waals surface area contributed by atoms with Crippen molar-refractivity contribution in [3.8, 4) is 0 Å². The number of carbonyl (C=O) groups is 1. The molecule has 6 nitrogen and oxygen atoms in total. The van der Waals surface area contributed by atoms with Crippen LogP contribution in [0.2, 0.25) is 0 Å². The fourth-order valence-electron chi connectivity index (χ4n) is 2.10. The van der Waals surface area contributed by atoms with E-state index in [1.165, 1.54) is 11.5 Å². The third-order valence-electron chi connectivity index (χ3n) is 2.85. The number of carboxylic acids is 1. The lowest BCUT2D eigenvalue weighted by Gasteiger charge is -2.32. The third-order valence-corrected chi connectivity index (χ3v) is 3.58. The lowest BCUT2D eigenvalue weighted by molar-refractivity contribution is -0.136. The van der Waals surface area contributed by atoms with Gasteiger partial charge < -0.3 is 15.3 Å². The van der Waals surface area contributed by atoms with E-state index >= 15 is 0 Å². The average molecular weight is 256 g/mol. The lowest BCUT2D eigenvalue weighted by Crippen LogP contribution is -2.40. The molecule has 0 amide bonds. The fraction of sp³-hybridized carbons (Fsp3) is 0.700. The molecule has 2 heterocycles. The highest BCUT2D eigenvalue weighted by Gasteiger charge is 2.21. The van der Waals surface area contributed by atoms with Gasteiger partial charge in [-0.3, -0.25) is 4.79 Å². The number of aromatic nitrogens is 2. The van der Waals surface area contributed by atoms with Crippen molar-refractivity contribution in [2.45, 2.75) is 12.8 Å². The van der Waals surface area contributed by atoms with Crippen molar-refractivity contribution in [3.63, 3.8) is 0 Å². The van der Waals surface area contributed by atoms with Gasteiger partial charge in [-0.05, 0) is 18.8 Å². The predicted molar refractivity (Wildman–Crippen MR) is 65.4 cm³/mol. The molecule has 0 aromatic carbocycles. The van der Waals surface area contributed by atoms with Gasteiger partial charge in [0.05, 0.1) is 6.54 Å². The number of nitrogens with zero attached hydrogens (tertiary/aromatic N) is 3. The smallest absolute Gasteiger partial charge is 0.317 e. The molecule has 94 valence electrons. The molecule has 0 bridgehead atoms. The van der Waals surface area contributed by atoms with Crippen LogP contribution in [0.5, 0.6) is 0 Å². The van der Waals surface area contributed by atoms with Gasteiger partial charge in [-0.1, -0.05) is 0 Å². The molecule has 1 aromatic rings. The van der Waals surface area contributed by atoms with Gasteiger partial charge in [0.25, 0.3) is 0 Å². The van der Waals surface area contributed by atoms with Crippen LogP contribution in [0.15, 0.2) is 6.33 Å². The Labute approximate surface area is 104 Å². The van der Waals surface area contributed by atoms with E-state index in [4.69, 9.17) is 5.11 Å². The fourth-order valence-corrected chi connectivity index (χ4v) is 2.66. The molecular weight excluding hydrogens is 240 g/mol. The largest absolute Gasteiger partial charge is 0.480 e. The summed E-state index contributed by atoms with van der Waals surface area (Å²) in [5, 5.41) is 12.5. The second-order valence-corrected chi connectivity index (χ2v) is 4.96. The maximum absolute atomic E-state index is 10.4. The first kappa shape index (κ1) is 12.3. The molecule has 0 spiro atoms. The Balaban J connectivity index is 1.79. The Morgan fingerprint density at radius 2 is 2.59 bits per heavy atom. The van der Waals surface area contributed by atoms with E-state index in [0.717, 1.165) is 37.6 Å². The Bertz CT molecular complexity index is 357. The molecule has 2 N–H and O–H groups in total. The molecule has 7 heteroatoms. The maximum atomic E-state index is 10.4. The summed E-state index contributed by atoms with van der Waals surface area (Å²) in [4.78, 5) is 16.8. The summed E-state index contributed by atoms with van der Waals surface area (Å²) in [6, 6.07) is 0. The number of hydrogen-bond acceptors (Lipinski definition) is 6. The van der Waals surface area contributed by atoms with Crippen LogP contribution in [-0.2, 0) is 4.79 Å². The van der Waals surface area contributed by atoms with Crippen LogP contribution in [0, 0.1) is 5.92 Å². The van der Waals surface area contributed by atoms with Crippen molar-refractivity contribution in [2.24, 2.45) is 5.92 Å². The van der Waals surface area contributed by atoms with E-state index in [0.29, 0.717) is 5.92 Å². The van der Waals surface area contributed by atoms with E-state index in [1.54, 1.807) is 6.33 Å². The standard InChI is InChI=1S/C10H16N4O2S/c15-9(16)5-11-4-8-2-1-3-14(6-8)10-12-7-13-17-10/h7-8,11H,1-6H2,(H,15,16). The van der Waals surface area contributed by atoms with Crippen molar-refractivity contribution < 1.29 is 9.90 Å². The number of piperidine rings is 1. The summed E-state index contributed by atoms with van der Waals surface area (Å²) in [5.74, 6) is -0.311. The molecule has 2 rings (SSSR count). The Morgan fingerprint density at radius 3 is 3.29 bits per heavy atom. The van der Waals surface area contributed by atoms with Crippen LogP contribution in [0.25, 0.3) is 0 Å². The minimum absolute atomic E-state index is 0.0370. The van der Waals surface area contributed by atoms with Gasteiger partial charge in [0.1, 0.15) is 6.33 Å². The summed E-state index contributed by atoms with van der Waals surface area (Å²) < 4.78 is 4.00. The van der Waals surface area contributed by atoms with Crippen molar-refractivity contribution in [1.82, 2.24) is 14.7 Å². The monoisotopic (exact) mass is 256 g/mol. The van der Waals surface area contributed by atoms with Crippen molar-refractivity contribution in [3.05, 3.63) is 6.33 Å². The third kappa shape index (κ3) is 3.64. The summed E-state index contributed by atoms with van der Waals surface area (Å²) in [5.41, 5.74) is 0. The minimum Gasteiger partial charge on any atom is -0.480 e. The van der Waals surface area contributed by atoms with E-state index in [1.807, 2.05) is 0 Å². The number of hydrogen-bond donors (Lipinski definition) is 2. The Kier molecular flexibility index (Phi) is 4.27. The van der Waals surface area contributed by atoms with Crippen LogP contribution in [-0.4, -0.2) is 46.6 Å². The Morgan fingerprint density at radius 1 is 1.71 bits per heavy atom. The highest BCUT2D eigenvalue weighted by Crippen LogP contribution is 2.23. The van der Waals surface area contributed by atoms with Gasteiger partial charge in [-0.25, -0.2) is 4.98 Å². The van der Waals surface area contributed by atoms with Crippen LogP contribution < -0.4 is 10.2 Å². The topological polar surface area (TPSA) is 78.4 Å². The molecule has 0 radical (unpaired) electrons. The second-order valence-electron chi connectivity index (χ2n) is 4.20. The van der Waals surface area contributed by atoms with Gasteiger partial charge in [0.15, 0.2) is 0 Å². The number of nitrogens with one attached hydrogen (secondary N) is 1. The van der Waals surface area contributed by atoms with E-state index < -0.39 is 5.97 Å². The van der Waals surface area contributed by atoms with Crippen molar-refractivity contribution in [2.75, 3.05) is 31.1 Å². The van der Waals surface area contributed by atoms with E-state index in [9.17, 15) is 4.79 Å². The van der Waals surface area contributed by atoms with Gasteiger partial charge in [0, 0.05) is 31.2 Å². The number of anilines is 1. The van der Waals surface area contributed by atoms with E-state index in [2.05, 4.69) is 19.6 Å². The molecular formula is C10H16N4O2S. The number of rotatable bonds is 5. The highest BCUT2D eigenvalue weighted by molar-refractivity contribution is 7.09. The SMILES string of the molecule is O=C(O)CNCC1CCCN(c2ncns2)C1. The van der Waals surface area contributed by atoms with Crippen LogP contribution in [0.3, 0.4) is 0 Å². The molecule has 0 saturated carbocycles. The van der Waals surface area contributed by atoms with Gasteiger partial charge in [-0.15, -0.1) is 0 Å². The lowest BCUT2D eigenvalue weighted by atomic mass is 9.98. The Hall–Kier alpha value is -1.21. The van der Waals surface area contributed by atoms with Crippen LogP contribution in [0.4, 0.5) is 5.13 Å². The van der Waals surface area contributed by atoms with Crippen LogP contribution >= 0.6 is 11.5 Å². The zero-order chi connectivity index (χ0) is 12.1. The summed E-state index contributed by atoms with van der Waals surface area (Å²) in [7, 11) is 0. The minimum atomic E-state index is -0.804. The quantitative estimate of drug-likeness (QED) is 0.795. The van der Waals surface area contributed by atoms with Gasteiger partial charge in [0.2, 0.25) is 5.13 Å². The maximum Gasteiger partial charge on any atom is 0.317 e. The number of carboxylic acid groups (broad SMARTS) is 1. The molecule has 1 atom stereocenters. The zero-order valence-corrected chi connectivity index (χ0v) is 10.3. The van der Waals surface area contributed by atoms with Gasteiger partial charge in [-0.2, -0.15) is 4.37 Å². The first-order valence-corrected chi connectivity index (χ1v) is 6.47. The summed E-state index contributed by atoms with van der Waals surface area (Å²) in [6.45, 7) is 2.74. The average Bonchev–Trinajstić information content (AvgIpc) is 2.82. The summed E-state index contributed by atoms with van der Waals surface area (Å²) >= 11 is 1.41. The molecule has 1 unspecified atom stereocenters. The molecule has 1 aliphatic rings. The second kappa shape index (κ2) is 5.92. The molecule has 1 saturated heterocycles. The molecule has 1 aromatic heterocycles. The molecule has 1 fully saturated rings. The predicted octanol–water partition coefficient (Wildman–Crippen LogP) is 0.429. The van der Waals surface area contributed by atoms with E-state index in [-0.39, 0.29) is 6.54 Å². The number of aliphatic carboxylic acids is 1. The summed E-state index contributed by atoms with van der Waals surface area (Å²) in [6.07, 6.45) is 3.84. The van der Waals surface area contributed by atoms with Crippen molar-refractivity contribution in [1.29, 1.82) is 0 Å². The highest BCUT2D eigenvalue weighted by atomic mass is 32.1. The zero-order valence-electron chi connectivity index (χ0n) is 9.50. The normalized spacial score (nSPS) is 20.5. The first-order chi connectivity index (χ1) is 8.25.